The van der Waals surface area contributed by atoms with Crippen LogP contribution in [0.15, 0.2) is 36.4 Å². The molecule has 5 heteroatoms. The van der Waals surface area contributed by atoms with Crippen molar-refractivity contribution < 1.29 is 13.5 Å². The number of aromatic nitrogens is 1. The molecule has 0 saturated carbocycles. The SMILES string of the molecule is CCNCc1cccc(COc2cc(F)ccc2F)n1. The lowest BCUT2D eigenvalue weighted by molar-refractivity contribution is 0.284. The molecule has 0 atom stereocenters. The van der Waals surface area contributed by atoms with E-state index in [1.807, 2.05) is 19.1 Å². The highest BCUT2D eigenvalue weighted by atomic mass is 19.1. The molecule has 0 aliphatic carbocycles. The van der Waals surface area contributed by atoms with Gasteiger partial charge in [0.15, 0.2) is 11.6 Å². The predicted molar refractivity (Wildman–Crippen MR) is 72.3 cm³/mol. The van der Waals surface area contributed by atoms with Crippen molar-refractivity contribution >= 4 is 0 Å². The highest BCUT2D eigenvalue weighted by molar-refractivity contribution is 5.25. The Hall–Kier alpha value is -2.01. The Balaban J connectivity index is 2.01. The molecule has 1 aromatic carbocycles. The minimum Gasteiger partial charge on any atom is -0.484 e. The molecule has 0 spiro atoms. The summed E-state index contributed by atoms with van der Waals surface area (Å²) >= 11 is 0. The van der Waals surface area contributed by atoms with Crippen LogP contribution in [0, 0.1) is 11.6 Å². The van der Waals surface area contributed by atoms with Gasteiger partial charge in [-0.15, -0.1) is 0 Å². The number of hydrogen-bond acceptors (Lipinski definition) is 3. The Labute approximate surface area is 116 Å². The minimum atomic E-state index is -0.588. The van der Waals surface area contributed by atoms with Gasteiger partial charge in [0.25, 0.3) is 0 Å². The van der Waals surface area contributed by atoms with Crippen molar-refractivity contribution in [1.82, 2.24) is 10.3 Å². The average Bonchev–Trinajstić information content (AvgIpc) is 2.46. The molecule has 2 rings (SSSR count). The summed E-state index contributed by atoms with van der Waals surface area (Å²) in [5, 5.41) is 3.17. The number of halogens is 2. The minimum absolute atomic E-state index is 0.0976. The maximum atomic E-state index is 13.4. The molecule has 0 amide bonds. The Kier molecular flexibility index (Phi) is 5.01. The number of hydrogen-bond donors (Lipinski definition) is 1. The fourth-order valence-electron chi connectivity index (χ4n) is 1.70. The molecule has 0 radical (unpaired) electrons. The summed E-state index contributed by atoms with van der Waals surface area (Å²) in [4.78, 5) is 4.37. The largest absolute Gasteiger partial charge is 0.484 e. The summed E-state index contributed by atoms with van der Waals surface area (Å²) in [7, 11) is 0. The monoisotopic (exact) mass is 278 g/mol. The van der Waals surface area contributed by atoms with Gasteiger partial charge in [0, 0.05) is 12.6 Å². The zero-order chi connectivity index (χ0) is 14.4. The topological polar surface area (TPSA) is 34.1 Å². The Morgan fingerprint density at radius 2 is 1.95 bits per heavy atom. The van der Waals surface area contributed by atoms with Gasteiger partial charge in [-0.2, -0.15) is 0 Å². The van der Waals surface area contributed by atoms with Gasteiger partial charge in [-0.1, -0.05) is 13.0 Å². The molecule has 0 aliphatic heterocycles. The van der Waals surface area contributed by atoms with Crippen molar-refractivity contribution in [1.29, 1.82) is 0 Å². The maximum Gasteiger partial charge on any atom is 0.165 e. The van der Waals surface area contributed by atoms with Gasteiger partial charge in [-0.05, 0) is 30.8 Å². The van der Waals surface area contributed by atoms with E-state index in [0.717, 1.165) is 30.4 Å². The Bertz CT molecular complexity index is 576. The van der Waals surface area contributed by atoms with Crippen LogP contribution >= 0.6 is 0 Å². The molecule has 1 N–H and O–H groups in total. The van der Waals surface area contributed by atoms with E-state index in [2.05, 4.69) is 10.3 Å². The predicted octanol–water partition coefficient (Wildman–Crippen LogP) is 3.05. The van der Waals surface area contributed by atoms with E-state index in [-0.39, 0.29) is 12.4 Å². The van der Waals surface area contributed by atoms with Gasteiger partial charge in [0.05, 0.1) is 11.4 Å². The third kappa shape index (κ3) is 3.99. The number of ether oxygens (including phenoxy) is 1. The number of benzene rings is 1. The standard InChI is InChI=1S/C15H16F2N2O/c1-2-18-9-12-4-3-5-13(19-12)10-20-15-8-11(16)6-7-14(15)17/h3-8,18H,2,9-10H2,1H3. The van der Waals surface area contributed by atoms with Crippen molar-refractivity contribution in [2.45, 2.75) is 20.1 Å². The van der Waals surface area contributed by atoms with Gasteiger partial charge in [0.2, 0.25) is 0 Å². The van der Waals surface area contributed by atoms with Crippen molar-refractivity contribution in [3.63, 3.8) is 0 Å². The van der Waals surface area contributed by atoms with Gasteiger partial charge in [0.1, 0.15) is 12.4 Å². The first kappa shape index (κ1) is 14.4. The molecule has 0 aliphatic rings. The lowest BCUT2D eigenvalue weighted by Crippen LogP contribution is -2.13. The normalized spacial score (nSPS) is 10.6. The van der Waals surface area contributed by atoms with Crippen LogP contribution in [0.4, 0.5) is 8.78 Å². The Morgan fingerprint density at radius 3 is 2.75 bits per heavy atom. The van der Waals surface area contributed by atoms with Crippen LogP contribution in [-0.4, -0.2) is 11.5 Å². The summed E-state index contributed by atoms with van der Waals surface area (Å²) in [5.41, 5.74) is 1.55. The molecule has 0 saturated heterocycles. The molecule has 106 valence electrons. The number of nitrogens with zero attached hydrogens (tertiary/aromatic N) is 1. The first-order valence-corrected chi connectivity index (χ1v) is 6.42. The lowest BCUT2D eigenvalue weighted by atomic mass is 10.3. The summed E-state index contributed by atoms with van der Waals surface area (Å²) in [6.07, 6.45) is 0. The highest BCUT2D eigenvalue weighted by Crippen LogP contribution is 2.19. The molecular formula is C15H16F2N2O. The average molecular weight is 278 g/mol. The fraction of sp³-hybridized carbons (Fsp3) is 0.267. The molecule has 3 nitrogen and oxygen atoms in total. The van der Waals surface area contributed by atoms with Crippen LogP contribution < -0.4 is 10.1 Å². The van der Waals surface area contributed by atoms with Crippen LogP contribution in [0.5, 0.6) is 5.75 Å². The van der Waals surface area contributed by atoms with E-state index in [4.69, 9.17) is 4.74 Å². The molecule has 20 heavy (non-hydrogen) atoms. The van der Waals surface area contributed by atoms with E-state index >= 15 is 0 Å². The van der Waals surface area contributed by atoms with Crippen molar-refractivity contribution in [2.24, 2.45) is 0 Å². The second-order valence-corrected chi connectivity index (χ2v) is 4.26. The molecular weight excluding hydrogens is 262 g/mol. The van der Waals surface area contributed by atoms with Gasteiger partial charge in [-0.3, -0.25) is 4.98 Å². The zero-order valence-electron chi connectivity index (χ0n) is 11.2. The highest BCUT2D eigenvalue weighted by Gasteiger charge is 2.06. The second kappa shape index (κ2) is 6.96. The first-order chi connectivity index (χ1) is 9.69. The first-order valence-electron chi connectivity index (χ1n) is 6.42. The van der Waals surface area contributed by atoms with E-state index in [0.29, 0.717) is 12.2 Å². The van der Waals surface area contributed by atoms with Crippen LogP contribution in [0.25, 0.3) is 0 Å². The number of pyridine rings is 1. The van der Waals surface area contributed by atoms with Crippen molar-refractivity contribution in [3.05, 3.63) is 59.4 Å². The van der Waals surface area contributed by atoms with Gasteiger partial charge in [-0.25, -0.2) is 8.78 Å². The summed E-state index contributed by atoms with van der Waals surface area (Å²) in [5.74, 6) is -1.23. The van der Waals surface area contributed by atoms with Crippen LogP contribution in [0.1, 0.15) is 18.3 Å². The zero-order valence-corrected chi connectivity index (χ0v) is 11.2. The smallest absolute Gasteiger partial charge is 0.165 e. The van der Waals surface area contributed by atoms with E-state index in [1.165, 1.54) is 0 Å². The third-order valence-corrected chi connectivity index (χ3v) is 2.69. The molecule has 0 unspecified atom stereocenters. The van der Waals surface area contributed by atoms with E-state index < -0.39 is 11.6 Å². The van der Waals surface area contributed by atoms with Crippen LogP contribution in [-0.2, 0) is 13.2 Å². The van der Waals surface area contributed by atoms with Crippen molar-refractivity contribution in [3.8, 4) is 5.75 Å². The molecule has 0 bridgehead atoms. The lowest BCUT2D eigenvalue weighted by Gasteiger charge is -2.08. The van der Waals surface area contributed by atoms with Crippen molar-refractivity contribution in [2.75, 3.05) is 6.54 Å². The summed E-state index contributed by atoms with van der Waals surface area (Å²) in [6.45, 7) is 3.63. The number of nitrogens with one attached hydrogen (secondary N) is 1. The van der Waals surface area contributed by atoms with Gasteiger partial charge < -0.3 is 10.1 Å². The molecule has 1 aromatic heterocycles. The summed E-state index contributed by atoms with van der Waals surface area (Å²) < 4.78 is 31.7. The summed E-state index contributed by atoms with van der Waals surface area (Å²) in [6, 6.07) is 8.66. The number of rotatable bonds is 6. The third-order valence-electron chi connectivity index (χ3n) is 2.69. The van der Waals surface area contributed by atoms with Crippen LogP contribution in [0.3, 0.4) is 0 Å². The molecule has 0 fully saturated rings. The molecule has 2 aromatic rings. The fourth-order valence-corrected chi connectivity index (χ4v) is 1.70. The van der Waals surface area contributed by atoms with Gasteiger partial charge >= 0.3 is 0 Å². The quantitative estimate of drug-likeness (QED) is 0.882. The second-order valence-electron chi connectivity index (χ2n) is 4.26. The van der Waals surface area contributed by atoms with E-state index in [9.17, 15) is 8.78 Å². The Morgan fingerprint density at radius 1 is 1.15 bits per heavy atom. The molecule has 1 heterocycles. The maximum absolute atomic E-state index is 13.4. The van der Waals surface area contributed by atoms with E-state index in [1.54, 1.807) is 6.07 Å². The van der Waals surface area contributed by atoms with Crippen LogP contribution in [0.2, 0.25) is 0 Å².